The van der Waals surface area contributed by atoms with Crippen molar-refractivity contribution >= 4 is 12.0 Å². The van der Waals surface area contributed by atoms with E-state index in [4.69, 9.17) is 9.66 Å². The van der Waals surface area contributed by atoms with Gasteiger partial charge in [-0.15, -0.1) is 0 Å². The standard InChI is InChI=1S/C17H38N4O2.C2H6O.3C2H6.CH4OS/c1-2-19-10-5-11-20(14-16-22)8-3-6-18-7-4-9-21(13-12-19)15-17-23;1-2-3;3*1-2;1-3-2/h18,22-23H,2-17H2,1H3;3H,2H2,1H3;3*1-2H3;2H,1H3. The molecule has 0 saturated carbocycles. The van der Waals surface area contributed by atoms with Crippen LogP contribution in [0.1, 0.15) is 74.7 Å². The first-order valence-corrected chi connectivity index (χ1v) is 15.2. The van der Waals surface area contributed by atoms with Crippen LogP contribution in [-0.2, 0) is 0 Å². The number of β-amino-alcohol motifs (C(OH)–C–C–N with tert-alkyl or cyclic N) is 2. The fourth-order valence-corrected chi connectivity index (χ4v) is 3.16. The molecule has 1 aliphatic rings. The van der Waals surface area contributed by atoms with Crippen LogP contribution in [0.2, 0.25) is 0 Å². The molecule has 1 rings (SSSR count). The Morgan fingerprint density at radius 1 is 0.629 bits per heavy atom. The largest absolute Gasteiger partial charge is 0.397 e. The van der Waals surface area contributed by atoms with Crippen LogP contribution in [-0.4, -0.2) is 133 Å². The Hall–Kier alpha value is 0.0300. The Labute approximate surface area is 224 Å². The van der Waals surface area contributed by atoms with E-state index in [2.05, 4.69) is 26.9 Å². The lowest BCUT2D eigenvalue weighted by molar-refractivity contribution is 0.161. The van der Waals surface area contributed by atoms with E-state index in [0.717, 1.165) is 103 Å². The summed E-state index contributed by atoms with van der Waals surface area (Å²) >= 11 is 0.750. The third-order valence-corrected chi connectivity index (χ3v) is 4.62. The summed E-state index contributed by atoms with van der Waals surface area (Å²) < 4.78 is 7.49. The molecule has 0 aromatic heterocycles. The van der Waals surface area contributed by atoms with E-state index in [0.29, 0.717) is 0 Å². The van der Waals surface area contributed by atoms with Crippen molar-refractivity contribution in [3.8, 4) is 0 Å². The molecule has 0 aliphatic carbocycles. The molecule has 35 heavy (non-hydrogen) atoms. The van der Waals surface area contributed by atoms with Crippen molar-refractivity contribution in [2.45, 2.75) is 74.7 Å². The molecule has 1 aliphatic heterocycles. The minimum atomic E-state index is 0.246. The topological polar surface area (TPSA) is 103 Å². The van der Waals surface area contributed by atoms with Gasteiger partial charge in [-0.05, 0) is 84.0 Å². The average molecular weight is 531 g/mol. The highest BCUT2D eigenvalue weighted by Gasteiger charge is 2.10. The second-order valence-corrected chi connectivity index (χ2v) is 7.24. The number of hydrogen-bond acceptors (Lipinski definition) is 9. The molecular formula is C26H66N4O4S. The predicted molar refractivity (Wildman–Crippen MR) is 159 cm³/mol. The molecule has 8 nitrogen and oxygen atoms in total. The average Bonchev–Trinajstić information content (AvgIpc) is 2.90. The molecule has 9 heteroatoms. The van der Waals surface area contributed by atoms with Crippen LogP contribution in [0.5, 0.6) is 0 Å². The van der Waals surface area contributed by atoms with Gasteiger partial charge in [0.1, 0.15) is 0 Å². The van der Waals surface area contributed by atoms with Gasteiger partial charge in [0, 0.05) is 39.0 Å². The summed E-state index contributed by atoms with van der Waals surface area (Å²) in [5.74, 6) is 0. The van der Waals surface area contributed by atoms with Crippen molar-refractivity contribution in [1.29, 1.82) is 0 Å². The van der Waals surface area contributed by atoms with Gasteiger partial charge in [0.25, 0.3) is 0 Å². The molecule has 1 heterocycles. The van der Waals surface area contributed by atoms with Crippen LogP contribution in [0, 0.1) is 0 Å². The molecule has 0 radical (unpaired) electrons. The second kappa shape index (κ2) is 47.3. The van der Waals surface area contributed by atoms with Crippen LogP contribution < -0.4 is 5.32 Å². The summed E-state index contributed by atoms with van der Waals surface area (Å²) in [7, 11) is 0. The highest BCUT2D eigenvalue weighted by molar-refractivity contribution is 7.93. The van der Waals surface area contributed by atoms with Crippen LogP contribution in [0.4, 0.5) is 0 Å². The molecule has 0 amide bonds. The molecule has 0 atom stereocenters. The molecule has 0 aromatic rings. The first-order valence-electron chi connectivity index (χ1n) is 14.0. The minimum absolute atomic E-state index is 0.246. The summed E-state index contributed by atoms with van der Waals surface area (Å²) in [6, 6.07) is 0. The molecular weight excluding hydrogens is 464 g/mol. The van der Waals surface area contributed by atoms with E-state index in [-0.39, 0.29) is 19.8 Å². The van der Waals surface area contributed by atoms with Crippen molar-refractivity contribution in [2.75, 3.05) is 98.1 Å². The lowest BCUT2D eigenvalue weighted by Crippen LogP contribution is -2.38. The van der Waals surface area contributed by atoms with Gasteiger partial charge in [-0.3, -0.25) is 4.90 Å². The highest BCUT2D eigenvalue weighted by Crippen LogP contribution is 2.00. The number of aliphatic hydroxyl groups is 3. The van der Waals surface area contributed by atoms with E-state index in [1.54, 1.807) is 13.2 Å². The van der Waals surface area contributed by atoms with Crippen LogP contribution >= 0.6 is 12.0 Å². The Balaban J connectivity index is -0.000000213. The molecule has 5 N–H and O–H groups in total. The first-order chi connectivity index (χ1) is 17.1. The van der Waals surface area contributed by atoms with E-state index >= 15 is 0 Å². The van der Waals surface area contributed by atoms with Crippen molar-refractivity contribution in [1.82, 2.24) is 20.0 Å². The van der Waals surface area contributed by atoms with Gasteiger partial charge in [-0.25, -0.2) is 0 Å². The first kappa shape index (κ1) is 45.0. The third kappa shape index (κ3) is 41.4. The van der Waals surface area contributed by atoms with Crippen LogP contribution in [0.3, 0.4) is 0 Å². The maximum absolute atomic E-state index is 9.23. The molecule has 1 fully saturated rings. The Kier molecular flexibility index (Phi) is 60.7. The van der Waals surface area contributed by atoms with Crippen molar-refractivity contribution in [3.63, 3.8) is 0 Å². The van der Waals surface area contributed by atoms with Crippen molar-refractivity contribution in [2.24, 2.45) is 0 Å². The van der Waals surface area contributed by atoms with Gasteiger partial charge < -0.3 is 35.0 Å². The SMILES string of the molecule is CC.CC.CC.CCN1CCCN(CCO)CCCNCCCN(CCO)CC1.CCO.CSO. The van der Waals surface area contributed by atoms with Gasteiger partial charge in [-0.1, -0.05) is 48.5 Å². The Bertz CT molecular complexity index is 309. The van der Waals surface area contributed by atoms with Crippen molar-refractivity contribution in [3.05, 3.63) is 0 Å². The maximum Gasteiger partial charge on any atom is 0.0558 e. The lowest BCUT2D eigenvalue weighted by Gasteiger charge is -2.27. The van der Waals surface area contributed by atoms with E-state index in [9.17, 15) is 10.2 Å². The monoisotopic (exact) mass is 530 g/mol. The zero-order valence-corrected chi connectivity index (χ0v) is 25.9. The smallest absolute Gasteiger partial charge is 0.0558 e. The fraction of sp³-hybridized carbons (Fsp3) is 1.00. The predicted octanol–water partition coefficient (Wildman–Crippen LogP) is 3.57. The van der Waals surface area contributed by atoms with Crippen LogP contribution in [0.25, 0.3) is 0 Å². The van der Waals surface area contributed by atoms with Crippen molar-refractivity contribution < 1.29 is 19.9 Å². The number of nitrogens with one attached hydrogen (secondary N) is 1. The summed E-state index contributed by atoms with van der Waals surface area (Å²) in [5.41, 5.74) is 0. The number of nitrogens with zero attached hydrogens (tertiary/aromatic N) is 3. The van der Waals surface area contributed by atoms with E-state index < -0.39 is 0 Å². The molecule has 1 saturated heterocycles. The summed E-state index contributed by atoms with van der Waals surface area (Å²) in [6.07, 6.45) is 5.02. The summed E-state index contributed by atoms with van der Waals surface area (Å²) in [4.78, 5) is 7.26. The van der Waals surface area contributed by atoms with Gasteiger partial charge in [0.2, 0.25) is 0 Å². The van der Waals surface area contributed by atoms with Gasteiger partial charge in [0.05, 0.1) is 13.2 Å². The zero-order valence-electron chi connectivity index (χ0n) is 25.1. The number of rotatable bonds is 5. The molecule has 0 aromatic carbocycles. The molecule has 0 spiro atoms. The van der Waals surface area contributed by atoms with Gasteiger partial charge >= 0.3 is 0 Å². The lowest BCUT2D eigenvalue weighted by atomic mass is 10.3. The zero-order chi connectivity index (χ0) is 28.2. The molecule has 220 valence electrons. The molecule has 0 bridgehead atoms. The highest BCUT2D eigenvalue weighted by atomic mass is 32.2. The minimum Gasteiger partial charge on any atom is -0.397 e. The summed E-state index contributed by atoms with van der Waals surface area (Å²) in [6.45, 7) is 27.8. The Morgan fingerprint density at radius 2 is 0.943 bits per heavy atom. The number of aliphatic hydroxyl groups excluding tert-OH is 3. The van der Waals surface area contributed by atoms with Gasteiger partial charge in [-0.2, -0.15) is 0 Å². The molecule has 0 unspecified atom stereocenters. The Morgan fingerprint density at radius 3 is 1.31 bits per heavy atom. The van der Waals surface area contributed by atoms with E-state index in [1.807, 2.05) is 41.5 Å². The summed E-state index contributed by atoms with van der Waals surface area (Å²) in [5, 5.41) is 29.5. The van der Waals surface area contributed by atoms with Crippen LogP contribution in [0.15, 0.2) is 0 Å². The normalized spacial score (nSPS) is 16.4. The number of hydrogen-bond donors (Lipinski definition) is 5. The quantitative estimate of drug-likeness (QED) is 0.341. The number of likely N-dealkylation sites (N-methyl/N-ethyl adjacent to an activating group) is 1. The van der Waals surface area contributed by atoms with E-state index in [1.165, 1.54) is 0 Å². The van der Waals surface area contributed by atoms with Gasteiger partial charge in [0.15, 0.2) is 0 Å². The third-order valence-electron chi connectivity index (χ3n) is 4.62. The fourth-order valence-electron chi connectivity index (χ4n) is 3.16. The second-order valence-electron chi connectivity index (χ2n) is 6.87. The maximum atomic E-state index is 9.23.